The topological polar surface area (TPSA) is 30.5 Å². The van der Waals surface area contributed by atoms with E-state index in [2.05, 4.69) is 23.7 Å². The number of hydrogen-bond donors (Lipinski definition) is 1. The zero-order chi connectivity index (χ0) is 13.0. The van der Waals surface area contributed by atoms with Crippen molar-refractivity contribution in [1.82, 2.24) is 5.32 Å². The van der Waals surface area contributed by atoms with E-state index in [-0.39, 0.29) is 12.4 Å². The van der Waals surface area contributed by atoms with Crippen molar-refractivity contribution in [3.05, 3.63) is 17.7 Å². The molecule has 1 N–H and O–H groups in total. The van der Waals surface area contributed by atoms with Gasteiger partial charge in [0.25, 0.3) is 0 Å². The predicted octanol–water partition coefficient (Wildman–Crippen LogP) is 3.31. The van der Waals surface area contributed by atoms with Gasteiger partial charge in [-0.1, -0.05) is 0 Å². The third kappa shape index (κ3) is 3.71. The van der Waals surface area contributed by atoms with E-state index in [1.54, 1.807) is 26.0 Å². The molecule has 3 nitrogen and oxygen atoms in total. The summed E-state index contributed by atoms with van der Waals surface area (Å²) in [6.07, 6.45) is 4.49. The van der Waals surface area contributed by atoms with Crippen molar-refractivity contribution in [2.24, 2.45) is 0 Å². The quantitative estimate of drug-likeness (QED) is 0.865. The SMILES string of the molecule is COc1cc([C@H]2CCCNC2)c(OC)cc1SC.Cl. The number of halogens is 1. The number of thioether (sulfide) groups is 1. The van der Waals surface area contributed by atoms with Gasteiger partial charge in [-0.3, -0.25) is 0 Å². The van der Waals surface area contributed by atoms with Gasteiger partial charge in [-0.15, -0.1) is 24.2 Å². The van der Waals surface area contributed by atoms with Gasteiger partial charge in [0.1, 0.15) is 11.5 Å². The lowest BCUT2D eigenvalue weighted by Gasteiger charge is -2.25. The van der Waals surface area contributed by atoms with Crippen LogP contribution in [0, 0.1) is 0 Å². The van der Waals surface area contributed by atoms with Gasteiger partial charge in [0, 0.05) is 18.0 Å². The van der Waals surface area contributed by atoms with Crippen LogP contribution in [0.25, 0.3) is 0 Å². The van der Waals surface area contributed by atoms with Crippen LogP contribution in [-0.2, 0) is 0 Å². The van der Waals surface area contributed by atoms with Crippen LogP contribution < -0.4 is 14.8 Å². The van der Waals surface area contributed by atoms with Crippen LogP contribution in [0.4, 0.5) is 0 Å². The maximum atomic E-state index is 5.54. The second-order valence-corrected chi connectivity index (χ2v) is 5.34. The molecule has 0 saturated carbocycles. The van der Waals surface area contributed by atoms with Crippen molar-refractivity contribution >= 4 is 24.2 Å². The largest absolute Gasteiger partial charge is 0.496 e. The molecule has 0 aliphatic carbocycles. The second kappa shape index (κ2) is 7.88. The molecule has 1 atom stereocenters. The smallest absolute Gasteiger partial charge is 0.132 e. The highest BCUT2D eigenvalue weighted by Crippen LogP contribution is 2.39. The van der Waals surface area contributed by atoms with Crippen LogP contribution in [0.1, 0.15) is 24.3 Å². The summed E-state index contributed by atoms with van der Waals surface area (Å²) in [6, 6.07) is 4.23. The van der Waals surface area contributed by atoms with E-state index < -0.39 is 0 Å². The Morgan fingerprint density at radius 3 is 2.47 bits per heavy atom. The molecular formula is C14H22ClNO2S. The van der Waals surface area contributed by atoms with Crippen LogP contribution in [0.3, 0.4) is 0 Å². The van der Waals surface area contributed by atoms with Gasteiger partial charge in [0.2, 0.25) is 0 Å². The molecule has 5 heteroatoms. The molecule has 1 aliphatic rings. The summed E-state index contributed by atoms with van der Waals surface area (Å²) < 4.78 is 11.0. The van der Waals surface area contributed by atoms with E-state index in [0.29, 0.717) is 5.92 Å². The fraction of sp³-hybridized carbons (Fsp3) is 0.571. The zero-order valence-corrected chi connectivity index (χ0v) is 13.3. The first kappa shape index (κ1) is 16.5. The van der Waals surface area contributed by atoms with Gasteiger partial charge < -0.3 is 14.8 Å². The first-order valence-corrected chi connectivity index (χ1v) is 7.53. The molecule has 1 heterocycles. The fourth-order valence-electron chi connectivity index (χ4n) is 2.49. The minimum absolute atomic E-state index is 0. The molecule has 0 spiro atoms. The van der Waals surface area contributed by atoms with Gasteiger partial charge in [-0.2, -0.15) is 0 Å². The molecule has 1 aromatic rings. The Kier molecular flexibility index (Phi) is 6.83. The molecule has 0 amide bonds. The van der Waals surface area contributed by atoms with Crippen molar-refractivity contribution in [1.29, 1.82) is 0 Å². The molecule has 2 rings (SSSR count). The Morgan fingerprint density at radius 1 is 1.21 bits per heavy atom. The Labute approximate surface area is 125 Å². The lowest BCUT2D eigenvalue weighted by molar-refractivity contribution is 0.378. The van der Waals surface area contributed by atoms with Crippen molar-refractivity contribution < 1.29 is 9.47 Å². The maximum absolute atomic E-state index is 5.54. The molecule has 19 heavy (non-hydrogen) atoms. The maximum Gasteiger partial charge on any atom is 0.132 e. The van der Waals surface area contributed by atoms with E-state index in [1.165, 1.54) is 18.4 Å². The summed E-state index contributed by atoms with van der Waals surface area (Å²) in [7, 11) is 3.47. The molecule has 0 radical (unpaired) electrons. The van der Waals surface area contributed by atoms with Crippen LogP contribution in [0.15, 0.2) is 17.0 Å². The molecule has 0 aromatic heterocycles. The van der Waals surface area contributed by atoms with Gasteiger partial charge in [0.15, 0.2) is 0 Å². The lowest BCUT2D eigenvalue weighted by atomic mass is 9.91. The number of nitrogens with one attached hydrogen (secondary N) is 1. The van der Waals surface area contributed by atoms with Gasteiger partial charge in [0.05, 0.1) is 19.1 Å². The fourth-order valence-corrected chi connectivity index (χ4v) is 3.06. The second-order valence-electron chi connectivity index (χ2n) is 4.49. The molecule has 1 saturated heterocycles. The summed E-state index contributed by atoms with van der Waals surface area (Å²) in [6.45, 7) is 2.15. The number of piperidine rings is 1. The number of hydrogen-bond acceptors (Lipinski definition) is 4. The van der Waals surface area contributed by atoms with Crippen molar-refractivity contribution in [2.45, 2.75) is 23.7 Å². The van der Waals surface area contributed by atoms with Crippen LogP contribution in [-0.4, -0.2) is 33.6 Å². The average molecular weight is 304 g/mol. The Morgan fingerprint density at radius 2 is 1.95 bits per heavy atom. The molecule has 1 aliphatic heterocycles. The number of ether oxygens (including phenoxy) is 2. The lowest BCUT2D eigenvalue weighted by Crippen LogP contribution is -2.28. The first-order valence-electron chi connectivity index (χ1n) is 6.30. The van der Waals surface area contributed by atoms with Gasteiger partial charge in [-0.25, -0.2) is 0 Å². The highest BCUT2D eigenvalue weighted by molar-refractivity contribution is 7.98. The van der Waals surface area contributed by atoms with Gasteiger partial charge >= 0.3 is 0 Å². The van der Waals surface area contributed by atoms with Crippen molar-refractivity contribution in [2.75, 3.05) is 33.6 Å². The molecule has 0 unspecified atom stereocenters. The predicted molar refractivity (Wildman–Crippen MR) is 83.4 cm³/mol. The first-order chi connectivity index (χ1) is 8.80. The van der Waals surface area contributed by atoms with Crippen LogP contribution in [0.2, 0.25) is 0 Å². The normalized spacial score (nSPS) is 18.6. The molecule has 108 valence electrons. The van der Waals surface area contributed by atoms with E-state index in [4.69, 9.17) is 9.47 Å². The van der Waals surface area contributed by atoms with E-state index in [0.717, 1.165) is 29.5 Å². The van der Waals surface area contributed by atoms with Crippen molar-refractivity contribution in [3.8, 4) is 11.5 Å². The Hall–Kier alpha value is -0.580. The molecule has 1 fully saturated rings. The summed E-state index contributed by atoms with van der Waals surface area (Å²) in [5.41, 5.74) is 1.26. The summed E-state index contributed by atoms with van der Waals surface area (Å²) >= 11 is 1.68. The summed E-state index contributed by atoms with van der Waals surface area (Å²) in [5, 5.41) is 3.45. The number of rotatable bonds is 4. The van der Waals surface area contributed by atoms with Crippen molar-refractivity contribution in [3.63, 3.8) is 0 Å². The highest BCUT2D eigenvalue weighted by Gasteiger charge is 2.21. The average Bonchev–Trinajstić information content (AvgIpc) is 2.46. The van der Waals surface area contributed by atoms with Gasteiger partial charge in [-0.05, 0) is 37.8 Å². The standard InChI is InChI=1S/C14H21NO2S.ClH/c1-16-12-8-14(18-3)13(17-2)7-11(12)10-5-4-6-15-9-10;/h7-8,10,15H,4-6,9H2,1-3H3;1H/t10-;/m0./s1. The zero-order valence-electron chi connectivity index (χ0n) is 11.7. The minimum atomic E-state index is 0. The number of methoxy groups -OCH3 is 2. The number of benzene rings is 1. The molecule has 1 aromatic carbocycles. The minimum Gasteiger partial charge on any atom is -0.496 e. The van der Waals surface area contributed by atoms with Crippen LogP contribution in [0.5, 0.6) is 11.5 Å². The monoisotopic (exact) mass is 303 g/mol. The highest BCUT2D eigenvalue weighted by atomic mass is 35.5. The summed E-state index contributed by atoms with van der Waals surface area (Å²) in [5.74, 6) is 2.45. The molecule has 0 bridgehead atoms. The van der Waals surface area contributed by atoms with E-state index in [1.807, 2.05) is 0 Å². The van der Waals surface area contributed by atoms with E-state index in [9.17, 15) is 0 Å². The molecular weight excluding hydrogens is 282 g/mol. The Bertz CT molecular complexity index is 409. The van der Waals surface area contributed by atoms with E-state index >= 15 is 0 Å². The summed E-state index contributed by atoms with van der Waals surface area (Å²) in [4.78, 5) is 1.13. The third-order valence-corrected chi connectivity index (χ3v) is 4.23. The third-order valence-electron chi connectivity index (χ3n) is 3.47. The van der Waals surface area contributed by atoms with Crippen LogP contribution >= 0.6 is 24.2 Å². The Balaban J connectivity index is 0.00000180.